The summed E-state index contributed by atoms with van der Waals surface area (Å²) in [6.45, 7) is 4.03. The van der Waals surface area contributed by atoms with Gasteiger partial charge in [0.05, 0.1) is 28.6 Å². The van der Waals surface area contributed by atoms with Crippen LogP contribution in [0.5, 0.6) is 0 Å². The summed E-state index contributed by atoms with van der Waals surface area (Å²) in [6.07, 6.45) is 2.32. The lowest BCUT2D eigenvalue weighted by Gasteiger charge is -2.20. The first-order chi connectivity index (χ1) is 14.6. The highest BCUT2D eigenvalue weighted by Crippen LogP contribution is 2.31. The summed E-state index contributed by atoms with van der Waals surface area (Å²) in [5.74, 6) is 0.621. The topological polar surface area (TPSA) is 64.7 Å². The zero-order chi connectivity index (χ0) is 21.1. The number of amides is 1. The van der Waals surface area contributed by atoms with Crippen molar-refractivity contribution in [3.8, 4) is 0 Å². The highest BCUT2D eigenvalue weighted by Gasteiger charge is 2.22. The van der Waals surface area contributed by atoms with Gasteiger partial charge in [-0.25, -0.2) is 0 Å². The minimum atomic E-state index is -0.102. The van der Waals surface area contributed by atoms with Crippen LogP contribution in [-0.4, -0.2) is 35.6 Å². The molecule has 156 valence electrons. The van der Waals surface area contributed by atoms with Crippen LogP contribution in [0.2, 0.25) is 0 Å². The molecule has 0 radical (unpaired) electrons. The number of pyridine rings is 1. The number of aromatic nitrogens is 1. The van der Waals surface area contributed by atoms with Crippen molar-refractivity contribution in [3.63, 3.8) is 0 Å². The number of thiophene rings is 1. The molecule has 1 aromatic carbocycles. The molecule has 3 heterocycles. The average Bonchev–Trinajstić information content (AvgIpc) is 3.43. The fraction of sp³-hybridized carbons (Fsp3) is 0.304. The van der Waals surface area contributed by atoms with E-state index in [0.717, 1.165) is 27.8 Å². The van der Waals surface area contributed by atoms with Crippen LogP contribution in [0.3, 0.4) is 0 Å². The lowest BCUT2D eigenvalue weighted by Crippen LogP contribution is -2.31. The molecular weight excluding hydrogens is 400 g/mol. The average molecular weight is 425 g/mol. The van der Waals surface area contributed by atoms with E-state index in [-0.39, 0.29) is 11.5 Å². The van der Waals surface area contributed by atoms with E-state index in [4.69, 9.17) is 9.15 Å². The summed E-state index contributed by atoms with van der Waals surface area (Å²) in [6, 6.07) is 13.3. The molecule has 0 aliphatic carbocycles. The van der Waals surface area contributed by atoms with E-state index in [1.54, 1.807) is 28.9 Å². The van der Waals surface area contributed by atoms with Gasteiger partial charge in [0.2, 0.25) is 0 Å². The first-order valence-electron chi connectivity index (χ1n) is 9.99. The summed E-state index contributed by atoms with van der Waals surface area (Å²) < 4.78 is 13.2. The third-order valence-electron chi connectivity index (χ3n) is 5.16. The summed E-state index contributed by atoms with van der Waals surface area (Å²) in [5, 5.41) is 1.59. The molecule has 0 fully saturated rings. The van der Waals surface area contributed by atoms with Crippen LogP contribution in [-0.2, 0) is 17.8 Å². The predicted octanol–water partition coefficient (Wildman–Crippen LogP) is 4.51. The summed E-state index contributed by atoms with van der Waals surface area (Å²) in [5.41, 5.74) is 0.837. The number of carbonyl (C=O) groups is 1. The highest BCUT2D eigenvalue weighted by molar-refractivity contribution is 7.21. The Labute approximate surface area is 178 Å². The maximum absolute atomic E-state index is 13.4. The number of carbonyl (C=O) groups excluding carboxylic acids is 1. The zero-order valence-corrected chi connectivity index (χ0v) is 17.9. The van der Waals surface area contributed by atoms with E-state index in [9.17, 15) is 9.59 Å². The fourth-order valence-electron chi connectivity index (χ4n) is 3.72. The number of benzene rings is 1. The fourth-order valence-corrected chi connectivity index (χ4v) is 4.88. The van der Waals surface area contributed by atoms with Gasteiger partial charge in [-0.15, -0.1) is 11.3 Å². The van der Waals surface area contributed by atoms with E-state index >= 15 is 0 Å². The number of para-hydroxylation sites is 1. The van der Waals surface area contributed by atoms with Crippen LogP contribution in [0, 0.1) is 0 Å². The van der Waals surface area contributed by atoms with Crippen LogP contribution in [0.4, 0.5) is 0 Å². The van der Waals surface area contributed by atoms with Crippen molar-refractivity contribution < 1.29 is 13.9 Å². The van der Waals surface area contributed by atoms with Gasteiger partial charge in [0, 0.05) is 36.9 Å². The van der Waals surface area contributed by atoms with E-state index in [0.29, 0.717) is 36.5 Å². The second-order valence-corrected chi connectivity index (χ2v) is 8.12. The molecule has 0 aliphatic rings. The van der Waals surface area contributed by atoms with Gasteiger partial charge >= 0.3 is 0 Å². The number of aryl methyl sites for hydroxylation is 1. The molecule has 0 N–H and O–H groups in total. The second kappa shape index (κ2) is 8.85. The Morgan fingerprint density at radius 1 is 1.20 bits per heavy atom. The number of methoxy groups -OCH3 is 1. The Hall–Kier alpha value is -2.90. The number of ether oxygens (including phenoxy) is 1. The number of rotatable bonds is 8. The SMILES string of the molecule is CCn1c(=O)c2cc(C(=O)N(CCCOC)Cc3ccco3)sc2c2ccccc21. The first kappa shape index (κ1) is 20.4. The zero-order valence-electron chi connectivity index (χ0n) is 17.1. The molecule has 0 aliphatic heterocycles. The first-order valence-corrected chi connectivity index (χ1v) is 10.8. The van der Waals surface area contributed by atoms with Gasteiger partial charge in [0.25, 0.3) is 11.5 Å². The Balaban J connectivity index is 1.76. The Bertz CT molecular complexity index is 1220. The molecule has 3 aromatic heterocycles. The molecule has 6 nitrogen and oxygen atoms in total. The molecule has 7 heteroatoms. The van der Waals surface area contributed by atoms with Crippen LogP contribution in [0.25, 0.3) is 21.0 Å². The number of fused-ring (bicyclic) bond motifs is 3. The molecule has 0 unspecified atom stereocenters. The molecule has 30 heavy (non-hydrogen) atoms. The number of hydrogen-bond acceptors (Lipinski definition) is 5. The van der Waals surface area contributed by atoms with Crippen molar-refractivity contribution in [1.82, 2.24) is 9.47 Å². The summed E-state index contributed by atoms with van der Waals surface area (Å²) in [4.78, 5) is 28.8. The van der Waals surface area contributed by atoms with E-state index < -0.39 is 0 Å². The van der Waals surface area contributed by atoms with Crippen LogP contribution < -0.4 is 5.56 Å². The van der Waals surface area contributed by atoms with E-state index in [1.807, 2.05) is 43.3 Å². The molecule has 1 amide bonds. The van der Waals surface area contributed by atoms with Gasteiger partial charge in [-0.05, 0) is 37.6 Å². The van der Waals surface area contributed by atoms with Crippen molar-refractivity contribution >= 4 is 38.2 Å². The van der Waals surface area contributed by atoms with E-state index in [2.05, 4.69) is 0 Å². The van der Waals surface area contributed by atoms with Crippen LogP contribution in [0.1, 0.15) is 28.8 Å². The maximum atomic E-state index is 13.4. The molecule has 0 bridgehead atoms. The van der Waals surface area contributed by atoms with Gasteiger partial charge < -0.3 is 18.6 Å². The monoisotopic (exact) mass is 424 g/mol. The summed E-state index contributed by atoms with van der Waals surface area (Å²) >= 11 is 1.38. The molecule has 4 rings (SSSR count). The molecule has 4 aromatic rings. The number of nitrogens with zero attached hydrogens (tertiary/aromatic N) is 2. The van der Waals surface area contributed by atoms with Gasteiger partial charge in [-0.1, -0.05) is 18.2 Å². The van der Waals surface area contributed by atoms with Gasteiger partial charge in [0.1, 0.15) is 5.76 Å². The van der Waals surface area contributed by atoms with Gasteiger partial charge in [-0.3, -0.25) is 9.59 Å². The molecule has 0 spiro atoms. The Morgan fingerprint density at radius 3 is 2.77 bits per heavy atom. The number of furan rings is 1. The maximum Gasteiger partial charge on any atom is 0.264 e. The molecule has 0 atom stereocenters. The van der Waals surface area contributed by atoms with Crippen molar-refractivity contribution in [2.75, 3.05) is 20.3 Å². The van der Waals surface area contributed by atoms with E-state index in [1.165, 1.54) is 11.3 Å². The Kier molecular flexibility index (Phi) is 6.01. The van der Waals surface area contributed by atoms with Crippen LogP contribution >= 0.6 is 11.3 Å². The van der Waals surface area contributed by atoms with Crippen molar-refractivity contribution in [1.29, 1.82) is 0 Å². The van der Waals surface area contributed by atoms with Gasteiger partial charge in [0.15, 0.2) is 0 Å². The molecule has 0 saturated heterocycles. The predicted molar refractivity (Wildman–Crippen MR) is 119 cm³/mol. The normalized spacial score (nSPS) is 11.4. The molecule has 0 saturated carbocycles. The smallest absolute Gasteiger partial charge is 0.264 e. The lowest BCUT2D eigenvalue weighted by atomic mass is 10.1. The molecular formula is C23H24N2O4S. The van der Waals surface area contributed by atoms with Crippen molar-refractivity contribution in [2.24, 2.45) is 0 Å². The van der Waals surface area contributed by atoms with Crippen LogP contribution in [0.15, 0.2) is 57.9 Å². The second-order valence-electron chi connectivity index (χ2n) is 7.07. The quantitative estimate of drug-likeness (QED) is 0.391. The number of hydrogen-bond donors (Lipinski definition) is 0. The highest BCUT2D eigenvalue weighted by atomic mass is 32.1. The van der Waals surface area contributed by atoms with Crippen molar-refractivity contribution in [2.45, 2.75) is 26.4 Å². The third kappa shape index (κ3) is 3.78. The van der Waals surface area contributed by atoms with Crippen molar-refractivity contribution in [3.05, 3.63) is 69.7 Å². The minimum Gasteiger partial charge on any atom is -0.467 e. The Morgan fingerprint density at radius 2 is 2.03 bits per heavy atom. The largest absolute Gasteiger partial charge is 0.467 e. The lowest BCUT2D eigenvalue weighted by molar-refractivity contribution is 0.0716. The standard InChI is InChI=1S/C23H24N2O4S/c1-3-25-19-10-5-4-9-17(19)21-18(22(25)26)14-20(30-21)23(27)24(11-7-12-28-2)15-16-8-6-13-29-16/h4-6,8-10,13-14H,3,7,11-12,15H2,1-2H3. The minimum absolute atomic E-state index is 0.0570. The third-order valence-corrected chi connectivity index (χ3v) is 6.32. The van der Waals surface area contributed by atoms with Gasteiger partial charge in [-0.2, -0.15) is 0 Å². The summed E-state index contributed by atoms with van der Waals surface area (Å²) in [7, 11) is 1.65.